The van der Waals surface area contributed by atoms with Gasteiger partial charge < -0.3 is 15.5 Å². The number of carbonyl (C=O) groups is 2. The topological polar surface area (TPSA) is 78.7 Å². The van der Waals surface area contributed by atoms with Crippen molar-refractivity contribution < 1.29 is 9.59 Å². The smallest absolute Gasteiger partial charge is 0.287 e. The average molecular weight is 357 g/mol. The molecule has 2 amide bonds. The van der Waals surface area contributed by atoms with Gasteiger partial charge in [0.2, 0.25) is 5.82 Å². The molecule has 0 aliphatic heterocycles. The third-order valence-corrected chi connectivity index (χ3v) is 4.72. The van der Waals surface area contributed by atoms with Gasteiger partial charge in [-0.3, -0.25) is 14.0 Å². The molecule has 0 atom stereocenters. The Labute approximate surface area is 153 Å². The molecule has 7 heteroatoms. The Morgan fingerprint density at radius 3 is 2.73 bits per heavy atom. The normalized spacial score (nSPS) is 14.9. The van der Waals surface area contributed by atoms with E-state index in [4.69, 9.17) is 0 Å². The Hall–Kier alpha value is -2.41. The van der Waals surface area contributed by atoms with Crippen LogP contribution in [-0.2, 0) is 0 Å². The predicted molar refractivity (Wildman–Crippen MR) is 100 cm³/mol. The molecule has 1 saturated carbocycles. The number of hydrogen-bond acceptors (Lipinski definition) is 4. The van der Waals surface area contributed by atoms with Gasteiger partial charge in [-0.15, -0.1) is 0 Å². The largest absolute Gasteiger partial charge is 0.351 e. The van der Waals surface area contributed by atoms with E-state index >= 15 is 0 Å². The molecule has 1 aliphatic rings. The maximum Gasteiger partial charge on any atom is 0.287 e. The quantitative estimate of drug-likeness (QED) is 0.739. The van der Waals surface area contributed by atoms with Gasteiger partial charge in [0.05, 0.1) is 5.52 Å². The summed E-state index contributed by atoms with van der Waals surface area (Å²) < 4.78 is 1.69. The number of hydrogen-bond donors (Lipinski definition) is 2. The number of carbonyl (C=O) groups excluding carboxylic acids is 2. The zero-order chi connectivity index (χ0) is 18.5. The van der Waals surface area contributed by atoms with Crippen molar-refractivity contribution in [1.29, 1.82) is 0 Å². The molecule has 2 N–H and O–H groups in total. The van der Waals surface area contributed by atoms with Crippen molar-refractivity contribution in [2.45, 2.75) is 38.1 Å². The molecule has 26 heavy (non-hydrogen) atoms. The summed E-state index contributed by atoms with van der Waals surface area (Å²) in [6, 6.07) is 5.70. The van der Waals surface area contributed by atoms with Crippen LogP contribution in [0.3, 0.4) is 0 Å². The van der Waals surface area contributed by atoms with Crippen LogP contribution >= 0.6 is 0 Å². The summed E-state index contributed by atoms with van der Waals surface area (Å²) >= 11 is 0. The second-order valence-electron chi connectivity index (χ2n) is 7.11. The van der Waals surface area contributed by atoms with E-state index in [0.717, 1.165) is 38.6 Å². The Kier molecular flexibility index (Phi) is 5.88. The molecule has 3 rings (SSSR count). The van der Waals surface area contributed by atoms with Gasteiger partial charge in [0.15, 0.2) is 5.69 Å². The Morgan fingerprint density at radius 2 is 2.00 bits per heavy atom. The highest BCUT2D eigenvalue weighted by Crippen LogP contribution is 2.19. The Bertz CT molecular complexity index is 777. The molecule has 1 fully saturated rings. The number of fused-ring (bicyclic) bond motifs is 1. The molecule has 2 aromatic heterocycles. The summed E-state index contributed by atoms with van der Waals surface area (Å²) in [6.07, 6.45) is 6.94. The van der Waals surface area contributed by atoms with Crippen molar-refractivity contribution in [1.82, 2.24) is 24.9 Å². The van der Waals surface area contributed by atoms with E-state index in [1.54, 1.807) is 10.6 Å². The van der Waals surface area contributed by atoms with Crippen molar-refractivity contribution >= 4 is 17.3 Å². The van der Waals surface area contributed by atoms with Gasteiger partial charge in [-0.25, -0.2) is 4.98 Å². The molecular formula is C19H27N5O2. The molecule has 2 heterocycles. The zero-order valence-electron chi connectivity index (χ0n) is 15.5. The van der Waals surface area contributed by atoms with Gasteiger partial charge in [-0.05, 0) is 52.0 Å². The number of pyridine rings is 1. The number of nitrogens with zero attached hydrogens (tertiary/aromatic N) is 3. The first-order chi connectivity index (χ1) is 12.6. The van der Waals surface area contributed by atoms with Crippen molar-refractivity contribution in [3.8, 4) is 0 Å². The summed E-state index contributed by atoms with van der Waals surface area (Å²) in [4.78, 5) is 31.7. The second-order valence-corrected chi connectivity index (χ2v) is 7.11. The van der Waals surface area contributed by atoms with Gasteiger partial charge in [0.25, 0.3) is 11.8 Å². The van der Waals surface area contributed by atoms with Crippen molar-refractivity contribution in [3.05, 3.63) is 35.9 Å². The molecule has 0 spiro atoms. The van der Waals surface area contributed by atoms with E-state index in [2.05, 4.69) is 20.5 Å². The fourth-order valence-electron chi connectivity index (χ4n) is 3.37. The predicted octanol–water partition coefficient (Wildman–Crippen LogP) is 1.69. The highest BCUT2D eigenvalue weighted by atomic mass is 16.2. The number of nitrogens with one attached hydrogen (secondary N) is 2. The average Bonchev–Trinajstić information content (AvgIpc) is 3.26. The highest BCUT2D eigenvalue weighted by Gasteiger charge is 2.24. The number of imidazole rings is 1. The summed E-state index contributed by atoms with van der Waals surface area (Å²) in [5.74, 6) is -0.192. The zero-order valence-corrected chi connectivity index (χ0v) is 15.5. The third kappa shape index (κ3) is 4.22. The van der Waals surface area contributed by atoms with Crippen LogP contribution in [0.1, 0.15) is 53.2 Å². The lowest BCUT2D eigenvalue weighted by atomic mass is 10.2. The van der Waals surface area contributed by atoms with Crippen molar-refractivity contribution in [2.75, 3.05) is 27.2 Å². The van der Waals surface area contributed by atoms with Crippen LogP contribution in [0.15, 0.2) is 24.4 Å². The lowest BCUT2D eigenvalue weighted by Crippen LogP contribution is -2.34. The summed E-state index contributed by atoms with van der Waals surface area (Å²) in [5.41, 5.74) is 0.946. The van der Waals surface area contributed by atoms with E-state index in [0.29, 0.717) is 17.8 Å². The molecule has 0 aromatic carbocycles. The lowest BCUT2D eigenvalue weighted by molar-refractivity contribution is 0.0926. The van der Waals surface area contributed by atoms with Crippen LogP contribution in [0.25, 0.3) is 5.52 Å². The van der Waals surface area contributed by atoms with Crippen LogP contribution in [0.5, 0.6) is 0 Å². The lowest BCUT2D eigenvalue weighted by Gasteiger charge is -2.10. The van der Waals surface area contributed by atoms with Crippen LogP contribution in [0.2, 0.25) is 0 Å². The van der Waals surface area contributed by atoms with E-state index in [1.807, 2.05) is 32.3 Å². The third-order valence-electron chi connectivity index (χ3n) is 4.72. The maximum atomic E-state index is 12.7. The van der Waals surface area contributed by atoms with Crippen LogP contribution < -0.4 is 10.6 Å². The molecular weight excluding hydrogens is 330 g/mol. The van der Waals surface area contributed by atoms with Crippen LogP contribution in [0, 0.1) is 0 Å². The monoisotopic (exact) mass is 357 g/mol. The standard InChI is InChI=1S/C19H27N5O2/c1-23(2)12-7-11-20-18(25)16-15-10-5-6-13-24(15)17(22-16)19(26)21-14-8-3-4-9-14/h5-6,10,13-14H,3-4,7-9,11-12H2,1-2H3,(H,20,25)(H,21,26). The Balaban J connectivity index is 1.76. The second kappa shape index (κ2) is 8.31. The fourth-order valence-corrected chi connectivity index (χ4v) is 3.37. The summed E-state index contributed by atoms with van der Waals surface area (Å²) in [6.45, 7) is 1.48. The molecule has 2 aromatic rings. The van der Waals surface area contributed by atoms with E-state index in [1.165, 1.54) is 0 Å². The highest BCUT2D eigenvalue weighted by molar-refractivity contribution is 6.02. The Morgan fingerprint density at radius 1 is 1.23 bits per heavy atom. The van der Waals surface area contributed by atoms with Gasteiger partial charge in [0, 0.05) is 18.8 Å². The minimum absolute atomic E-state index is 0.210. The van der Waals surface area contributed by atoms with Crippen molar-refractivity contribution in [2.24, 2.45) is 0 Å². The molecule has 1 aliphatic carbocycles. The SMILES string of the molecule is CN(C)CCCNC(=O)c1nc(C(=O)NC2CCCC2)n2ccccc12. The molecule has 0 bridgehead atoms. The number of amides is 2. The first kappa shape index (κ1) is 18.4. The van der Waals surface area contributed by atoms with Gasteiger partial charge >= 0.3 is 0 Å². The number of rotatable bonds is 7. The molecule has 0 saturated heterocycles. The minimum atomic E-state index is -0.243. The first-order valence-corrected chi connectivity index (χ1v) is 9.27. The van der Waals surface area contributed by atoms with Crippen LogP contribution in [-0.4, -0.2) is 59.3 Å². The van der Waals surface area contributed by atoms with E-state index in [-0.39, 0.29) is 23.7 Å². The molecule has 0 unspecified atom stereocenters. The van der Waals surface area contributed by atoms with Gasteiger partial charge in [0.1, 0.15) is 0 Å². The first-order valence-electron chi connectivity index (χ1n) is 9.27. The van der Waals surface area contributed by atoms with Crippen molar-refractivity contribution in [3.63, 3.8) is 0 Å². The van der Waals surface area contributed by atoms with Gasteiger partial charge in [-0.2, -0.15) is 0 Å². The minimum Gasteiger partial charge on any atom is -0.351 e. The molecule has 140 valence electrons. The van der Waals surface area contributed by atoms with Crippen LogP contribution in [0.4, 0.5) is 0 Å². The summed E-state index contributed by atoms with van der Waals surface area (Å²) in [7, 11) is 4.00. The summed E-state index contributed by atoms with van der Waals surface area (Å²) in [5, 5.41) is 5.94. The molecule has 7 nitrogen and oxygen atoms in total. The van der Waals surface area contributed by atoms with E-state index < -0.39 is 0 Å². The van der Waals surface area contributed by atoms with E-state index in [9.17, 15) is 9.59 Å². The molecule has 0 radical (unpaired) electrons. The fraction of sp³-hybridized carbons (Fsp3) is 0.526. The van der Waals surface area contributed by atoms with Gasteiger partial charge in [-0.1, -0.05) is 18.9 Å². The number of aromatic nitrogens is 2. The maximum absolute atomic E-state index is 12.7.